The Morgan fingerprint density at radius 1 is 1.52 bits per heavy atom. The van der Waals surface area contributed by atoms with E-state index < -0.39 is 24.0 Å². The van der Waals surface area contributed by atoms with Crippen LogP contribution >= 0.6 is 0 Å². The molecule has 0 N–H and O–H groups in total. The van der Waals surface area contributed by atoms with E-state index in [1.165, 1.54) is 13.2 Å². The van der Waals surface area contributed by atoms with Crippen molar-refractivity contribution in [3.63, 3.8) is 0 Å². The number of ether oxygens (including phenoxy) is 2. The highest BCUT2D eigenvalue weighted by molar-refractivity contribution is 5.83. The minimum Gasteiger partial charge on any atom is -0.466 e. The van der Waals surface area contributed by atoms with Gasteiger partial charge in [-0.1, -0.05) is 25.8 Å². The van der Waals surface area contributed by atoms with Gasteiger partial charge in [0.15, 0.2) is 0 Å². The normalized spacial score (nSPS) is 21.8. The molecule has 0 unspecified atom stereocenters. The summed E-state index contributed by atoms with van der Waals surface area (Å²) in [5.41, 5.74) is 0.239. The summed E-state index contributed by atoms with van der Waals surface area (Å²) >= 11 is 0. The zero-order valence-electron chi connectivity index (χ0n) is 14.4. The van der Waals surface area contributed by atoms with E-state index in [1.807, 2.05) is 19.9 Å². The van der Waals surface area contributed by atoms with Crippen LogP contribution in [0.3, 0.4) is 0 Å². The van der Waals surface area contributed by atoms with Crippen molar-refractivity contribution in [3.8, 4) is 18.4 Å². The molecule has 1 aromatic heterocycles. The van der Waals surface area contributed by atoms with Crippen LogP contribution in [-0.4, -0.2) is 23.6 Å². The van der Waals surface area contributed by atoms with E-state index in [1.54, 1.807) is 29.1 Å². The predicted molar refractivity (Wildman–Crippen MR) is 89.6 cm³/mol. The van der Waals surface area contributed by atoms with Gasteiger partial charge in [-0.2, -0.15) is 5.26 Å². The van der Waals surface area contributed by atoms with Gasteiger partial charge in [-0.3, -0.25) is 4.79 Å². The largest absolute Gasteiger partial charge is 0.466 e. The number of aromatic nitrogens is 1. The first-order valence-electron chi connectivity index (χ1n) is 7.80. The second kappa shape index (κ2) is 7.27. The SMILES string of the molecule is C#CCn1ccc([C@H](C#N)OC(=O)[C@@H]2[C@H](C=CC(=O)OC)C2(C)C)c1. The quantitative estimate of drug-likeness (QED) is 0.451. The number of esters is 2. The second-order valence-corrected chi connectivity index (χ2v) is 6.47. The number of terminal acetylenes is 1. The topological polar surface area (TPSA) is 81.3 Å². The summed E-state index contributed by atoms with van der Waals surface area (Å²) in [5, 5.41) is 9.32. The Labute approximate surface area is 147 Å². The Morgan fingerprint density at radius 3 is 2.84 bits per heavy atom. The molecular formula is C19H20N2O4. The van der Waals surface area contributed by atoms with Gasteiger partial charge in [-0.25, -0.2) is 4.79 Å². The van der Waals surface area contributed by atoms with Gasteiger partial charge >= 0.3 is 11.9 Å². The molecule has 0 radical (unpaired) electrons. The molecule has 3 atom stereocenters. The van der Waals surface area contributed by atoms with Crippen LogP contribution in [0.5, 0.6) is 0 Å². The van der Waals surface area contributed by atoms with Gasteiger partial charge in [0.2, 0.25) is 6.10 Å². The van der Waals surface area contributed by atoms with Crippen molar-refractivity contribution in [3.05, 3.63) is 36.2 Å². The third kappa shape index (κ3) is 3.92. The summed E-state index contributed by atoms with van der Waals surface area (Å²) in [7, 11) is 1.29. The highest BCUT2D eigenvalue weighted by atomic mass is 16.5. The lowest BCUT2D eigenvalue weighted by molar-refractivity contribution is -0.149. The van der Waals surface area contributed by atoms with Crippen LogP contribution < -0.4 is 0 Å². The summed E-state index contributed by atoms with van der Waals surface area (Å²) in [5.74, 6) is 1.02. The molecule has 130 valence electrons. The number of rotatable bonds is 6. The van der Waals surface area contributed by atoms with Crippen molar-refractivity contribution in [1.29, 1.82) is 5.26 Å². The third-order valence-corrected chi connectivity index (χ3v) is 4.51. The summed E-state index contributed by atoms with van der Waals surface area (Å²) < 4.78 is 11.7. The van der Waals surface area contributed by atoms with Crippen molar-refractivity contribution in [1.82, 2.24) is 4.57 Å². The first-order valence-corrected chi connectivity index (χ1v) is 7.80. The van der Waals surface area contributed by atoms with Gasteiger partial charge in [0.1, 0.15) is 6.07 Å². The van der Waals surface area contributed by atoms with Crippen molar-refractivity contribution in [2.45, 2.75) is 26.5 Å². The molecule has 0 spiro atoms. The molecule has 1 aliphatic rings. The number of nitrogens with zero attached hydrogens (tertiary/aromatic N) is 2. The predicted octanol–water partition coefficient (Wildman–Crippen LogP) is 2.23. The van der Waals surface area contributed by atoms with Crippen LogP contribution in [0.15, 0.2) is 30.6 Å². The van der Waals surface area contributed by atoms with Gasteiger partial charge in [-0.15, -0.1) is 6.42 Å². The summed E-state index contributed by atoms with van der Waals surface area (Å²) in [6.07, 6.45) is 10.6. The Bertz CT molecular complexity index is 776. The van der Waals surface area contributed by atoms with E-state index in [9.17, 15) is 14.9 Å². The van der Waals surface area contributed by atoms with Gasteiger partial charge in [0.25, 0.3) is 0 Å². The molecule has 6 nitrogen and oxygen atoms in total. The average Bonchev–Trinajstić information content (AvgIpc) is 2.91. The van der Waals surface area contributed by atoms with E-state index in [-0.39, 0.29) is 11.3 Å². The lowest BCUT2D eigenvalue weighted by Crippen LogP contribution is -2.14. The fourth-order valence-electron chi connectivity index (χ4n) is 2.91. The molecule has 1 saturated carbocycles. The van der Waals surface area contributed by atoms with Crippen LogP contribution in [0.4, 0.5) is 0 Å². The Kier molecular flexibility index (Phi) is 5.34. The van der Waals surface area contributed by atoms with E-state index in [4.69, 9.17) is 11.2 Å². The molecule has 1 aromatic rings. The molecule has 0 bridgehead atoms. The fraction of sp³-hybridized carbons (Fsp3) is 0.421. The van der Waals surface area contributed by atoms with Crippen LogP contribution in [0.2, 0.25) is 0 Å². The number of nitriles is 1. The number of allylic oxidation sites excluding steroid dienone is 1. The van der Waals surface area contributed by atoms with E-state index in [0.29, 0.717) is 12.1 Å². The maximum absolute atomic E-state index is 12.5. The summed E-state index contributed by atoms with van der Waals surface area (Å²) in [6, 6.07) is 3.69. The average molecular weight is 340 g/mol. The number of hydrogen-bond acceptors (Lipinski definition) is 5. The number of hydrogen-bond donors (Lipinski definition) is 0. The first kappa shape index (κ1) is 18.4. The van der Waals surface area contributed by atoms with Crippen LogP contribution in [0, 0.1) is 40.9 Å². The van der Waals surface area contributed by atoms with Crippen LogP contribution in [-0.2, 0) is 25.6 Å². The molecule has 6 heteroatoms. The highest BCUT2D eigenvalue weighted by Gasteiger charge is 2.61. The zero-order chi connectivity index (χ0) is 18.6. The molecule has 0 amide bonds. The standard InChI is InChI=1S/C19H20N2O4/c1-5-9-21-10-8-13(12-21)15(11-20)25-18(23)17-14(19(17,2)3)6-7-16(22)24-4/h1,6-8,10,12,14-15,17H,9H2,2-4H3/t14-,15-,17-/m0/s1. The molecule has 25 heavy (non-hydrogen) atoms. The minimum absolute atomic E-state index is 0.135. The molecule has 1 heterocycles. The first-order chi connectivity index (χ1) is 11.8. The smallest absolute Gasteiger partial charge is 0.330 e. The molecule has 0 saturated heterocycles. The Hall–Kier alpha value is -2.99. The molecule has 1 fully saturated rings. The van der Waals surface area contributed by atoms with Crippen LogP contribution in [0.1, 0.15) is 25.5 Å². The molecule has 1 aliphatic carbocycles. The van der Waals surface area contributed by atoms with E-state index in [0.717, 1.165) is 0 Å². The molecular weight excluding hydrogens is 320 g/mol. The number of carbonyl (C=O) groups is 2. The zero-order valence-corrected chi connectivity index (χ0v) is 14.4. The second-order valence-electron chi connectivity index (χ2n) is 6.47. The van der Waals surface area contributed by atoms with Gasteiger partial charge in [0, 0.05) is 24.0 Å². The van der Waals surface area contributed by atoms with Gasteiger partial charge in [0.05, 0.1) is 19.6 Å². The van der Waals surface area contributed by atoms with Crippen molar-refractivity contribution in [2.75, 3.05) is 7.11 Å². The Morgan fingerprint density at radius 2 is 2.24 bits per heavy atom. The van der Waals surface area contributed by atoms with Crippen molar-refractivity contribution in [2.24, 2.45) is 17.3 Å². The van der Waals surface area contributed by atoms with E-state index >= 15 is 0 Å². The minimum atomic E-state index is -0.992. The maximum atomic E-state index is 12.5. The monoisotopic (exact) mass is 340 g/mol. The van der Waals surface area contributed by atoms with Gasteiger partial charge in [-0.05, 0) is 17.4 Å². The summed E-state index contributed by atoms with van der Waals surface area (Å²) in [6.45, 7) is 4.20. The van der Waals surface area contributed by atoms with Crippen molar-refractivity contribution < 1.29 is 19.1 Å². The molecule has 0 aromatic carbocycles. The van der Waals surface area contributed by atoms with Gasteiger partial charge < -0.3 is 14.0 Å². The fourth-order valence-corrected chi connectivity index (χ4v) is 2.91. The third-order valence-electron chi connectivity index (χ3n) is 4.51. The highest BCUT2D eigenvalue weighted by Crippen LogP contribution is 2.59. The van der Waals surface area contributed by atoms with E-state index in [2.05, 4.69) is 10.7 Å². The van der Waals surface area contributed by atoms with Crippen molar-refractivity contribution >= 4 is 11.9 Å². The number of carbonyl (C=O) groups excluding carboxylic acids is 2. The molecule has 2 rings (SSSR count). The lowest BCUT2D eigenvalue weighted by atomic mass is 10.1. The summed E-state index contributed by atoms with van der Waals surface area (Å²) in [4.78, 5) is 23.7. The Balaban J connectivity index is 2.05. The lowest BCUT2D eigenvalue weighted by Gasteiger charge is -2.10. The number of methoxy groups -OCH3 is 1. The molecule has 0 aliphatic heterocycles. The van der Waals surface area contributed by atoms with Crippen LogP contribution in [0.25, 0.3) is 0 Å². The maximum Gasteiger partial charge on any atom is 0.330 e.